The number of ether oxygens (including phenoxy) is 1. The lowest BCUT2D eigenvalue weighted by molar-refractivity contribution is 0.150. The van der Waals surface area contributed by atoms with Crippen molar-refractivity contribution in [2.75, 3.05) is 11.9 Å². The molecule has 0 unspecified atom stereocenters. The molecule has 0 amide bonds. The fourth-order valence-electron chi connectivity index (χ4n) is 1.92. The number of nitrogens with zero attached hydrogens (tertiary/aromatic N) is 2. The first-order valence-electron chi connectivity index (χ1n) is 5.82. The van der Waals surface area contributed by atoms with E-state index < -0.39 is 6.43 Å². The lowest BCUT2D eigenvalue weighted by Crippen LogP contribution is -1.99. The monoisotopic (exact) mass is 283 g/mol. The maximum atomic E-state index is 12.4. The van der Waals surface area contributed by atoms with Gasteiger partial charge in [0.2, 0.25) is 5.13 Å². The summed E-state index contributed by atoms with van der Waals surface area (Å²) < 4.78 is 30.1. The minimum Gasteiger partial charge on any atom is -0.493 e. The zero-order valence-corrected chi connectivity index (χ0v) is 10.7. The van der Waals surface area contributed by atoms with Gasteiger partial charge in [-0.2, -0.15) is 0 Å². The van der Waals surface area contributed by atoms with Gasteiger partial charge in [0.05, 0.1) is 6.61 Å². The molecule has 0 saturated heterocycles. The predicted molar refractivity (Wildman–Crippen MR) is 67.8 cm³/mol. The van der Waals surface area contributed by atoms with Crippen LogP contribution in [0.15, 0.2) is 18.2 Å². The SMILES string of the molecule is FC(F)c1nnc(NCc2ccc3c(c2)CCO3)s1. The van der Waals surface area contributed by atoms with Gasteiger partial charge in [0.15, 0.2) is 5.01 Å². The molecule has 0 saturated carbocycles. The van der Waals surface area contributed by atoms with E-state index in [2.05, 4.69) is 21.6 Å². The van der Waals surface area contributed by atoms with Crippen molar-refractivity contribution >= 4 is 16.5 Å². The molecule has 1 aromatic heterocycles. The Labute approximate surface area is 112 Å². The van der Waals surface area contributed by atoms with E-state index in [1.165, 1.54) is 5.56 Å². The van der Waals surface area contributed by atoms with Crippen LogP contribution in [0.3, 0.4) is 0 Å². The molecular formula is C12H11F2N3OS. The highest BCUT2D eigenvalue weighted by Crippen LogP contribution is 2.27. The summed E-state index contributed by atoms with van der Waals surface area (Å²) in [4.78, 5) is 0. The van der Waals surface area contributed by atoms with Crippen LogP contribution >= 0.6 is 11.3 Å². The highest BCUT2D eigenvalue weighted by molar-refractivity contribution is 7.15. The fraction of sp³-hybridized carbons (Fsp3) is 0.333. The minimum absolute atomic E-state index is 0.259. The summed E-state index contributed by atoms with van der Waals surface area (Å²) in [7, 11) is 0. The fourth-order valence-corrected chi connectivity index (χ4v) is 2.52. The first-order chi connectivity index (χ1) is 9.22. The number of aromatic nitrogens is 2. The highest BCUT2D eigenvalue weighted by Gasteiger charge is 2.14. The number of fused-ring (bicyclic) bond motifs is 1. The van der Waals surface area contributed by atoms with Crippen molar-refractivity contribution in [1.82, 2.24) is 10.2 Å². The van der Waals surface area contributed by atoms with E-state index in [9.17, 15) is 8.78 Å². The Balaban J connectivity index is 1.65. The number of hydrogen-bond acceptors (Lipinski definition) is 5. The number of anilines is 1. The third kappa shape index (κ3) is 2.65. The second kappa shape index (κ2) is 5.08. The second-order valence-electron chi connectivity index (χ2n) is 4.14. The molecule has 7 heteroatoms. The molecule has 3 rings (SSSR count). The Kier molecular flexibility index (Phi) is 3.29. The Bertz CT molecular complexity index is 588. The van der Waals surface area contributed by atoms with Gasteiger partial charge < -0.3 is 10.1 Å². The largest absolute Gasteiger partial charge is 0.493 e. The highest BCUT2D eigenvalue weighted by atomic mass is 32.1. The Morgan fingerprint density at radius 1 is 1.37 bits per heavy atom. The average molecular weight is 283 g/mol. The number of alkyl halides is 2. The number of benzene rings is 1. The number of rotatable bonds is 4. The molecule has 100 valence electrons. The molecule has 2 heterocycles. The molecule has 0 spiro atoms. The average Bonchev–Trinajstić information content (AvgIpc) is 3.04. The zero-order valence-electron chi connectivity index (χ0n) is 9.90. The van der Waals surface area contributed by atoms with Gasteiger partial charge in [-0.25, -0.2) is 8.78 Å². The van der Waals surface area contributed by atoms with Gasteiger partial charge in [-0.15, -0.1) is 10.2 Å². The van der Waals surface area contributed by atoms with Crippen molar-refractivity contribution in [3.63, 3.8) is 0 Å². The summed E-state index contributed by atoms with van der Waals surface area (Å²) in [5.41, 5.74) is 2.25. The molecule has 1 aliphatic rings. The van der Waals surface area contributed by atoms with Crippen LogP contribution in [-0.2, 0) is 13.0 Å². The van der Waals surface area contributed by atoms with E-state index in [1.54, 1.807) is 0 Å². The molecule has 0 fully saturated rings. The van der Waals surface area contributed by atoms with Crippen molar-refractivity contribution < 1.29 is 13.5 Å². The first kappa shape index (κ1) is 12.3. The van der Waals surface area contributed by atoms with Gasteiger partial charge in [0.1, 0.15) is 5.75 Å². The van der Waals surface area contributed by atoms with Crippen LogP contribution in [0.25, 0.3) is 0 Å². The van der Waals surface area contributed by atoms with E-state index >= 15 is 0 Å². The first-order valence-corrected chi connectivity index (χ1v) is 6.64. The van der Waals surface area contributed by atoms with E-state index in [0.29, 0.717) is 11.7 Å². The zero-order chi connectivity index (χ0) is 13.2. The van der Waals surface area contributed by atoms with E-state index in [-0.39, 0.29) is 5.01 Å². The van der Waals surface area contributed by atoms with Gasteiger partial charge in [0, 0.05) is 13.0 Å². The third-order valence-electron chi connectivity index (χ3n) is 2.82. The Hall–Kier alpha value is -1.76. The standard InChI is InChI=1S/C12H11F2N3OS/c13-10(14)11-16-17-12(19-11)15-6-7-1-2-9-8(5-7)3-4-18-9/h1-2,5,10H,3-4,6H2,(H,15,17). The van der Waals surface area contributed by atoms with Crippen LogP contribution < -0.4 is 10.1 Å². The van der Waals surface area contributed by atoms with Crippen molar-refractivity contribution in [2.45, 2.75) is 19.4 Å². The summed E-state index contributed by atoms with van der Waals surface area (Å²) in [6.45, 7) is 1.26. The van der Waals surface area contributed by atoms with Gasteiger partial charge in [0.25, 0.3) is 6.43 Å². The number of nitrogens with one attached hydrogen (secondary N) is 1. The molecular weight excluding hydrogens is 272 g/mol. The lowest BCUT2D eigenvalue weighted by atomic mass is 10.1. The molecule has 2 aromatic rings. The molecule has 19 heavy (non-hydrogen) atoms. The molecule has 1 aromatic carbocycles. The summed E-state index contributed by atoms with van der Waals surface area (Å²) >= 11 is 0.878. The van der Waals surface area contributed by atoms with Crippen LogP contribution in [0.1, 0.15) is 22.6 Å². The maximum Gasteiger partial charge on any atom is 0.291 e. The quantitative estimate of drug-likeness (QED) is 0.937. The molecule has 0 bridgehead atoms. The van der Waals surface area contributed by atoms with Crippen molar-refractivity contribution in [1.29, 1.82) is 0 Å². The van der Waals surface area contributed by atoms with Gasteiger partial charge >= 0.3 is 0 Å². The molecule has 4 nitrogen and oxygen atoms in total. The van der Waals surface area contributed by atoms with Gasteiger partial charge in [-0.3, -0.25) is 0 Å². The van der Waals surface area contributed by atoms with Crippen LogP contribution in [0, 0.1) is 0 Å². The van der Waals surface area contributed by atoms with Gasteiger partial charge in [-0.05, 0) is 17.2 Å². The van der Waals surface area contributed by atoms with Crippen molar-refractivity contribution in [2.24, 2.45) is 0 Å². The van der Waals surface area contributed by atoms with Crippen molar-refractivity contribution in [3.05, 3.63) is 34.3 Å². The van der Waals surface area contributed by atoms with Crippen LogP contribution in [0.4, 0.5) is 13.9 Å². The minimum atomic E-state index is -2.56. The van der Waals surface area contributed by atoms with Crippen LogP contribution in [0.5, 0.6) is 5.75 Å². The maximum absolute atomic E-state index is 12.4. The Morgan fingerprint density at radius 2 is 2.26 bits per heavy atom. The predicted octanol–water partition coefficient (Wildman–Crippen LogP) is 3.02. The van der Waals surface area contributed by atoms with E-state index in [0.717, 1.165) is 35.7 Å². The molecule has 1 aliphatic heterocycles. The van der Waals surface area contributed by atoms with E-state index in [1.807, 2.05) is 12.1 Å². The topological polar surface area (TPSA) is 47.0 Å². The second-order valence-corrected chi connectivity index (χ2v) is 5.15. The van der Waals surface area contributed by atoms with Crippen molar-refractivity contribution in [3.8, 4) is 5.75 Å². The number of hydrogen-bond donors (Lipinski definition) is 1. The third-order valence-corrected chi connectivity index (χ3v) is 3.71. The van der Waals surface area contributed by atoms with Crippen LogP contribution in [-0.4, -0.2) is 16.8 Å². The summed E-state index contributed by atoms with van der Waals surface area (Å²) in [5.74, 6) is 0.930. The summed E-state index contributed by atoms with van der Waals surface area (Å²) in [6, 6.07) is 5.95. The molecule has 0 aliphatic carbocycles. The molecule has 0 radical (unpaired) electrons. The summed E-state index contributed by atoms with van der Waals surface area (Å²) in [6.07, 6.45) is -1.65. The van der Waals surface area contributed by atoms with E-state index in [4.69, 9.17) is 4.74 Å². The Morgan fingerprint density at radius 3 is 3.05 bits per heavy atom. The summed E-state index contributed by atoms with van der Waals surface area (Å²) in [5, 5.41) is 10.2. The number of halogens is 2. The molecule has 0 atom stereocenters. The smallest absolute Gasteiger partial charge is 0.291 e. The normalized spacial score (nSPS) is 13.4. The van der Waals surface area contributed by atoms with Gasteiger partial charge in [-0.1, -0.05) is 23.5 Å². The van der Waals surface area contributed by atoms with Crippen LogP contribution in [0.2, 0.25) is 0 Å². The lowest BCUT2D eigenvalue weighted by Gasteiger charge is -2.04. The molecule has 1 N–H and O–H groups in total.